The number of thioether (sulfide) groups is 1. The molecule has 0 aliphatic carbocycles. The van der Waals surface area contributed by atoms with Crippen molar-refractivity contribution in [2.24, 2.45) is 0 Å². The fourth-order valence-corrected chi connectivity index (χ4v) is 3.06. The molecule has 0 aromatic heterocycles. The molecule has 52 valence electrons. The molecule has 0 bridgehead atoms. The summed E-state index contributed by atoms with van der Waals surface area (Å²) < 4.78 is 5.68. The third-order valence-corrected chi connectivity index (χ3v) is 3.48. The molecule has 2 heterocycles. The molecule has 1 unspecified atom stereocenters. The van der Waals surface area contributed by atoms with Crippen LogP contribution in [-0.4, -0.2) is 23.7 Å². The molecule has 2 fully saturated rings. The Labute approximate surface area is 60.2 Å². The Morgan fingerprint density at radius 2 is 2.33 bits per heavy atom. The summed E-state index contributed by atoms with van der Waals surface area (Å²) in [6.45, 7) is 1.01. The lowest BCUT2D eigenvalue weighted by Gasteiger charge is -2.19. The van der Waals surface area contributed by atoms with E-state index in [-0.39, 0.29) is 0 Å². The zero-order valence-corrected chi connectivity index (χ0v) is 6.38. The van der Waals surface area contributed by atoms with Crippen molar-refractivity contribution in [3.05, 3.63) is 0 Å². The van der Waals surface area contributed by atoms with Gasteiger partial charge in [0.05, 0.1) is 5.60 Å². The molecule has 0 saturated carbocycles. The second-order valence-electron chi connectivity index (χ2n) is 2.94. The lowest BCUT2D eigenvalue weighted by Crippen LogP contribution is -2.26. The van der Waals surface area contributed by atoms with Crippen LogP contribution in [0.15, 0.2) is 0 Å². The second kappa shape index (κ2) is 2.17. The molecule has 1 nitrogen and oxygen atoms in total. The Kier molecular flexibility index (Phi) is 1.46. The SMILES string of the molecule is C1COC2(C1)CCSC2. The summed E-state index contributed by atoms with van der Waals surface area (Å²) in [7, 11) is 0. The molecule has 2 rings (SSSR count). The summed E-state index contributed by atoms with van der Waals surface area (Å²) in [5.41, 5.74) is 0.352. The molecule has 0 radical (unpaired) electrons. The zero-order chi connectivity index (χ0) is 6.16. The lowest BCUT2D eigenvalue weighted by atomic mass is 10.0. The number of rotatable bonds is 0. The predicted octanol–water partition coefficient (Wildman–Crippen LogP) is 1.67. The summed E-state index contributed by atoms with van der Waals surface area (Å²) in [5.74, 6) is 2.58. The smallest absolute Gasteiger partial charge is 0.0781 e. The van der Waals surface area contributed by atoms with E-state index in [1.54, 1.807) is 0 Å². The molecule has 1 spiro atoms. The van der Waals surface area contributed by atoms with Crippen LogP contribution in [-0.2, 0) is 4.74 Å². The Morgan fingerprint density at radius 1 is 1.33 bits per heavy atom. The van der Waals surface area contributed by atoms with Gasteiger partial charge in [-0.2, -0.15) is 11.8 Å². The van der Waals surface area contributed by atoms with E-state index in [0.717, 1.165) is 6.61 Å². The highest BCUT2D eigenvalue weighted by Gasteiger charge is 2.38. The van der Waals surface area contributed by atoms with Crippen LogP contribution >= 0.6 is 11.8 Å². The first kappa shape index (κ1) is 6.05. The van der Waals surface area contributed by atoms with Crippen LogP contribution in [0, 0.1) is 0 Å². The van der Waals surface area contributed by atoms with E-state index >= 15 is 0 Å². The lowest BCUT2D eigenvalue weighted by molar-refractivity contribution is 0.0271. The van der Waals surface area contributed by atoms with Gasteiger partial charge in [0.25, 0.3) is 0 Å². The Morgan fingerprint density at radius 3 is 2.89 bits per heavy atom. The van der Waals surface area contributed by atoms with Gasteiger partial charge in [-0.1, -0.05) is 0 Å². The molecule has 2 heteroatoms. The molecule has 0 amide bonds. The van der Waals surface area contributed by atoms with Crippen LogP contribution in [0.3, 0.4) is 0 Å². The minimum atomic E-state index is 0.352. The summed E-state index contributed by atoms with van der Waals surface area (Å²) in [5, 5.41) is 0. The predicted molar refractivity (Wildman–Crippen MR) is 39.9 cm³/mol. The van der Waals surface area contributed by atoms with Gasteiger partial charge in [0.1, 0.15) is 0 Å². The van der Waals surface area contributed by atoms with Crippen LogP contribution in [0.2, 0.25) is 0 Å². The van der Waals surface area contributed by atoms with E-state index in [4.69, 9.17) is 4.74 Å². The maximum atomic E-state index is 5.68. The van der Waals surface area contributed by atoms with Crippen molar-refractivity contribution in [3.63, 3.8) is 0 Å². The van der Waals surface area contributed by atoms with Crippen LogP contribution in [0.5, 0.6) is 0 Å². The molecule has 2 saturated heterocycles. The minimum absolute atomic E-state index is 0.352. The zero-order valence-electron chi connectivity index (χ0n) is 5.56. The van der Waals surface area contributed by atoms with Crippen molar-refractivity contribution in [2.75, 3.05) is 18.1 Å². The van der Waals surface area contributed by atoms with Gasteiger partial charge in [0.15, 0.2) is 0 Å². The highest BCUT2D eigenvalue weighted by atomic mass is 32.2. The Bertz CT molecular complexity index is 84.0. The first-order valence-corrected chi connectivity index (χ1v) is 4.79. The van der Waals surface area contributed by atoms with Gasteiger partial charge in [-0.05, 0) is 25.0 Å². The average molecular weight is 144 g/mol. The molecule has 1 atom stereocenters. The van der Waals surface area contributed by atoms with Crippen molar-refractivity contribution in [3.8, 4) is 0 Å². The van der Waals surface area contributed by atoms with Crippen molar-refractivity contribution in [1.29, 1.82) is 0 Å². The van der Waals surface area contributed by atoms with Gasteiger partial charge in [-0.15, -0.1) is 0 Å². The van der Waals surface area contributed by atoms with Gasteiger partial charge in [0, 0.05) is 12.4 Å². The summed E-state index contributed by atoms with van der Waals surface area (Å²) in [4.78, 5) is 0. The van der Waals surface area contributed by atoms with Gasteiger partial charge in [0.2, 0.25) is 0 Å². The largest absolute Gasteiger partial charge is 0.374 e. The van der Waals surface area contributed by atoms with Crippen LogP contribution in [0.25, 0.3) is 0 Å². The summed E-state index contributed by atoms with van der Waals surface area (Å²) >= 11 is 2.05. The molecule has 0 aromatic carbocycles. The van der Waals surface area contributed by atoms with Crippen molar-refractivity contribution in [2.45, 2.75) is 24.9 Å². The van der Waals surface area contributed by atoms with E-state index in [0.29, 0.717) is 5.60 Å². The third-order valence-electron chi connectivity index (χ3n) is 2.25. The van der Waals surface area contributed by atoms with Crippen molar-refractivity contribution < 1.29 is 4.74 Å². The highest BCUT2D eigenvalue weighted by Crippen LogP contribution is 2.38. The van der Waals surface area contributed by atoms with Crippen LogP contribution in [0.4, 0.5) is 0 Å². The maximum absolute atomic E-state index is 5.68. The van der Waals surface area contributed by atoms with Crippen LogP contribution in [0.1, 0.15) is 19.3 Å². The number of ether oxygens (including phenoxy) is 1. The first-order valence-electron chi connectivity index (χ1n) is 3.63. The normalized spacial score (nSPS) is 42.7. The van der Waals surface area contributed by atoms with Gasteiger partial charge >= 0.3 is 0 Å². The van der Waals surface area contributed by atoms with E-state index in [2.05, 4.69) is 0 Å². The molecule has 0 aromatic rings. The van der Waals surface area contributed by atoms with Gasteiger partial charge < -0.3 is 4.74 Å². The quantitative estimate of drug-likeness (QED) is 0.511. The fraction of sp³-hybridized carbons (Fsp3) is 1.00. The molecular weight excluding hydrogens is 132 g/mol. The van der Waals surface area contributed by atoms with E-state index < -0.39 is 0 Å². The monoisotopic (exact) mass is 144 g/mol. The number of hydrogen-bond donors (Lipinski definition) is 0. The van der Waals surface area contributed by atoms with Crippen molar-refractivity contribution >= 4 is 11.8 Å². The minimum Gasteiger partial charge on any atom is -0.374 e. The molecule has 0 N–H and O–H groups in total. The molecule has 9 heavy (non-hydrogen) atoms. The van der Waals surface area contributed by atoms with E-state index in [1.807, 2.05) is 11.8 Å². The fourth-order valence-electron chi connectivity index (χ4n) is 1.65. The molecule has 2 aliphatic rings. The number of hydrogen-bond acceptors (Lipinski definition) is 2. The van der Waals surface area contributed by atoms with Gasteiger partial charge in [-0.3, -0.25) is 0 Å². The molecular formula is C7H12OS. The molecule has 2 aliphatic heterocycles. The highest BCUT2D eigenvalue weighted by molar-refractivity contribution is 7.99. The van der Waals surface area contributed by atoms with Gasteiger partial charge in [-0.25, -0.2) is 0 Å². The van der Waals surface area contributed by atoms with Crippen LogP contribution < -0.4 is 0 Å². The first-order chi connectivity index (χ1) is 4.41. The summed E-state index contributed by atoms with van der Waals surface area (Å²) in [6, 6.07) is 0. The maximum Gasteiger partial charge on any atom is 0.0781 e. The Balaban J connectivity index is 2.04. The third kappa shape index (κ3) is 0.987. The van der Waals surface area contributed by atoms with E-state index in [1.165, 1.54) is 30.8 Å². The second-order valence-corrected chi connectivity index (χ2v) is 4.04. The van der Waals surface area contributed by atoms with Crippen molar-refractivity contribution in [1.82, 2.24) is 0 Å². The standard InChI is InChI=1S/C7H12OS/c1-2-7(8-4-1)3-5-9-6-7/h1-6H2. The van der Waals surface area contributed by atoms with E-state index in [9.17, 15) is 0 Å². The summed E-state index contributed by atoms with van der Waals surface area (Å²) in [6.07, 6.45) is 3.91. The Hall–Kier alpha value is 0.310. The topological polar surface area (TPSA) is 9.23 Å². The average Bonchev–Trinajstić information content (AvgIpc) is 2.45.